The molecule has 2 aromatic rings. The lowest BCUT2D eigenvalue weighted by Gasteiger charge is -2.37. The number of hydrogen-bond donors (Lipinski definition) is 2. The lowest BCUT2D eigenvalue weighted by Crippen LogP contribution is -2.49. The number of anilines is 1. The Kier molecular flexibility index (Phi) is 3.44. The Bertz CT molecular complexity index is 647. The molecule has 2 heterocycles. The maximum absolute atomic E-state index is 11.8. The van der Waals surface area contributed by atoms with Gasteiger partial charge in [0.25, 0.3) is 0 Å². The van der Waals surface area contributed by atoms with Gasteiger partial charge in [0.1, 0.15) is 11.4 Å². The standard InChI is InChI=1S/C13H18N6O2/c1-2-9-5-7-13(8-6-9,12(20)21)14-10-3-4-11-15-17-18-19(11)16-10/h3-4,9H,2,5-8H2,1H3,(H,14,16)(H,20,21). The quantitative estimate of drug-likeness (QED) is 0.875. The molecule has 0 spiro atoms. The van der Waals surface area contributed by atoms with Gasteiger partial charge in [0.2, 0.25) is 0 Å². The fourth-order valence-corrected chi connectivity index (χ4v) is 2.93. The zero-order chi connectivity index (χ0) is 14.9. The Balaban J connectivity index is 1.83. The van der Waals surface area contributed by atoms with Crippen molar-refractivity contribution in [1.29, 1.82) is 0 Å². The number of nitrogens with one attached hydrogen (secondary N) is 1. The van der Waals surface area contributed by atoms with Crippen LogP contribution in [0.3, 0.4) is 0 Å². The third-order valence-corrected chi connectivity index (χ3v) is 4.38. The first-order valence-corrected chi connectivity index (χ1v) is 7.20. The SMILES string of the molecule is CCC1CCC(Nc2ccc3nnnn3n2)(C(=O)O)CC1. The normalized spacial score (nSPS) is 25.9. The fourth-order valence-electron chi connectivity index (χ4n) is 2.93. The lowest BCUT2D eigenvalue weighted by atomic mass is 9.75. The molecule has 0 amide bonds. The number of aliphatic carboxylic acids is 1. The lowest BCUT2D eigenvalue weighted by molar-refractivity contribution is -0.143. The number of carboxylic acid groups (broad SMARTS) is 1. The van der Waals surface area contributed by atoms with Gasteiger partial charge in [0.15, 0.2) is 5.65 Å². The highest BCUT2D eigenvalue weighted by molar-refractivity contribution is 5.82. The molecule has 0 aliphatic heterocycles. The number of aromatic nitrogens is 5. The zero-order valence-corrected chi connectivity index (χ0v) is 11.9. The number of rotatable bonds is 4. The molecule has 0 radical (unpaired) electrons. The van der Waals surface area contributed by atoms with Crippen molar-refractivity contribution in [3.63, 3.8) is 0 Å². The van der Waals surface area contributed by atoms with Gasteiger partial charge in [-0.1, -0.05) is 13.3 Å². The molecule has 0 saturated heterocycles. The van der Waals surface area contributed by atoms with Crippen LogP contribution in [0, 0.1) is 5.92 Å². The van der Waals surface area contributed by atoms with Crippen LogP contribution < -0.4 is 5.32 Å². The highest BCUT2D eigenvalue weighted by Gasteiger charge is 2.42. The van der Waals surface area contributed by atoms with E-state index in [1.807, 2.05) is 0 Å². The molecular weight excluding hydrogens is 272 g/mol. The maximum Gasteiger partial charge on any atom is 0.329 e. The van der Waals surface area contributed by atoms with Gasteiger partial charge in [0, 0.05) is 0 Å². The van der Waals surface area contributed by atoms with E-state index in [9.17, 15) is 9.90 Å². The van der Waals surface area contributed by atoms with Crippen LogP contribution in [0.5, 0.6) is 0 Å². The van der Waals surface area contributed by atoms with Gasteiger partial charge in [-0.15, -0.1) is 14.8 Å². The summed E-state index contributed by atoms with van der Waals surface area (Å²) in [4.78, 5) is 11.8. The second-order valence-corrected chi connectivity index (χ2v) is 5.61. The summed E-state index contributed by atoms with van der Waals surface area (Å²) in [5.74, 6) is 0.275. The van der Waals surface area contributed by atoms with Crippen molar-refractivity contribution < 1.29 is 9.90 Å². The van der Waals surface area contributed by atoms with E-state index in [-0.39, 0.29) is 0 Å². The van der Waals surface area contributed by atoms with Crippen molar-refractivity contribution in [3.8, 4) is 0 Å². The van der Waals surface area contributed by atoms with Crippen LogP contribution >= 0.6 is 0 Å². The smallest absolute Gasteiger partial charge is 0.329 e. The zero-order valence-electron chi connectivity index (χ0n) is 11.9. The van der Waals surface area contributed by atoms with Gasteiger partial charge in [-0.3, -0.25) is 0 Å². The van der Waals surface area contributed by atoms with Crippen LogP contribution in [0.4, 0.5) is 5.82 Å². The van der Waals surface area contributed by atoms with E-state index >= 15 is 0 Å². The van der Waals surface area contributed by atoms with Crippen molar-refractivity contribution in [2.24, 2.45) is 5.92 Å². The molecule has 8 nitrogen and oxygen atoms in total. The van der Waals surface area contributed by atoms with E-state index in [0.717, 1.165) is 19.3 Å². The Hall–Kier alpha value is -2.25. The Morgan fingerprint density at radius 2 is 2.24 bits per heavy atom. The average molecular weight is 290 g/mol. The molecule has 1 aliphatic rings. The van der Waals surface area contributed by atoms with Crippen LogP contribution in [-0.2, 0) is 4.79 Å². The number of tetrazole rings is 1. The van der Waals surface area contributed by atoms with E-state index in [1.54, 1.807) is 12.1 Å². The van der Waals surface area contributed by atoms with Crippen LogP contribution in [0.25, 0.3) is 5.65 Å². The van der Waals surface area contributed by atoms with Crippen molar-refractivity contribution in [2.45, 2.75) is 44.6 Å². The summed E-state index contributed by atoms with van der Waals surface area (Å²) < 4.78 is 1.29. The monoisotopic (exact) mass is 290 g/mol. The molecule has 2 aromatic heterocycles. The van der Waals surface area contributed by atoms with E-state index in [0.29, 0.717) is 30.2 Å². The number of carbonyl (C=O) groups is 1. The van der Waals surface area contributed by atoms with Gasteiger partial charge in [-0.2, -0.15) is 0 Å². The Morgan fingerprint density at radius 1 is 1.48 bits per heavy atom. The molecule has 0 aromatic carbocycles. The Morgan fingerprint density at radius 3 is 2.90 bits per heavy atom. The molecule has 1 saturated carbocycles. The highest BCUT2D eigenvalue weighted by atomic mass is 16.4. The first-order valence-electron chi connectivity index (χ1n) is 7.20. The first-order chi connectivity index (χ1) is 10.1. The number of fused-ring (bicyclic) bond motifs is 1. The summed E-state index contributed by atoms with van der Waals surface area (Å²) in [5.41, 5.74) is -0.417. The van der Waals surface area contributed by atoms with Gasteiger partial charge in [-0.05, 0) is 54.2 Å². The molecular formula is C13H18N6O2. The van der Waals surface area contributed by atoms with Crippen LogP contribution in [0.2, 0.25) is 0 Å². The summed E-state index contributed by atoms with van der Waals surface area (Å²) in [6, 6.07) is 3.42. The van der Waals surface area contributed by atoms with E-state index in [1.165, 1.54) is 4.63 Å². The van der Waals surface area contributed by atoms with Crippen molar-refractivity contribution in [2.75, 3.05) is 5.32 Å². The molecule has 0 atom stereocenters. The summed E-state index contributed by atoms with van der Waals surface area (Å²) in [5, 5.41) is 28.0. The van der Waals surface area contributed by atoms with Gasteiger partial charge >= 0.3 is 5.97 Å². The first kappa shape index (κ1) is 13.7. The van der Waals surface area contributed by atoms with Crippen LogP contribution in [0.15, 0.2) is 12.1 Å². The fraction of sp³-hybridized carbons (Fsp3) is 0.615. The minimum atomic E-state index is -0.944. The van der Waals surface area contributed by atoms with E-state index in [4.69, 9.17) is 0 Å². The maximum atomic E-state index is 11.8. The van der Waals surface area contributed by atoms with Crippen molar-refractivity contribution in [3.05, 3.63) is 12.1 Å². The second-order valence-electron chi connectivity index (χ2n) is 5.61. The Labute approximate surface area is 121 Å². The van der Waals surface area contributed by atoms with Gasteiger partial charge < -0.3 is 10.4 Å². The molecule has 1 aliphatic carbocycles. The number of carboxylic acids is 1. The van der Waals surface area contributed by atoms with E-state index in [2.05, 4.69) is 32.9 Å². The average Bonchev–Trinajstić information content (AvgIpc) is 2.95. The molecule has 8 heteroatoms. The summed E-state index contributed by atoms with van der Waals surface area (Å²) in [7, 11) is 0. The minimum absolute atomic E-state index is 0.479. The molecule has 0 bridgehead atoms. The van der Waals surface area contributed by atoms with Crippen LogP contribution in [-0.4, -0.2) is 41.9 Å². The highest BCUT2D eigenvalue weighted by Crippen LogP contribution is 2.36. The third kappa shape index (κ3) is 2.53. The topological polar surface area (TPSA) is 105 Å². The largest absolute Gasteiger partial charge is 0.480 e. The number of nitrogens with zero attached hydrogens (tertiary/aromatic N) is 5. The summed E-state index contributed by atoms with van der Waals surface area (Å²) >= 11 is 0. The number of hydrogen-bond acceptors (Lipinski definition) is 6. The molecule has 112 valence electrons. The van der Waals surface area contributed by atoms with Crippen molar-refractivity contribution in [1.82, 2.24) is 25.3 Å². The minimum Gasteiger partial charge on any atom is -0.480 e. The van der Waals surface area contributed by atoms with Crippen molar-refractivity contribution >= 4 is 17.4 Å². The second kappa shape index (κ2) is 5.27. The van der Waals surface area contributed by atoms with E-state index < -0.39 is 11.5 Å². The molecule has 21 heavy (non-hydrogen) atoms. The molecule has 3 rings (SSSR count). The molecule has 2 N–H and O–H groups in total. The van der Waals surface area contributed by atoms with Gasteiger partial charge in [-0.25, -0.2) is 4.79 Å². The predicted molar refractivity (Wildman–Crippen MR) is 74.8 cm³/mol. The van der Waals surface area contributed by atoms with Gasteiger partial charge in [0.05, 0.1) is 0 Å². The molecule has 1 fully saturated rings. The van der Waals surface area contributed by atoms with Crippen LogP contribution in [0.1, 0.15) is 39.0 Å². The summed E-state index contributed by atoms with van der Waals surface area (Å²) in [6.45, 7) is 2.15. The third-order valence-electron chi connectivity index (χ3n) is 4.38. The summed E-state index contributed by atoms with van der Waals surface area (Å²) in [6.07, 6.45) is 4.16. The molecule has 0 unspecified atom stereocenters. The predicted octanol–water partition coefficient (Wildman–Crippen LogP) is 1.35.